The van der Waals surface area contributed by atoms with Gasteiger partial charge in [0.1, 0.15) is 11.5 Å². The molecule has 4 heteroatoms. The van der Waals surface area contributed by atoms with Crippen molar-refractivity contribution in [2.75, 3.05) is 6.61 Å². The summed E-state index contributed by atoms with van der Waals surface area (Å²) in [5.74, 6) is 0.129. The van der Waals surface area contributed by atoms with Crippen molar-refractivity contribution in [2.45, 2.75) is 40.0 Å². The quantitative estimate of drug-likeness (QED) is 0.741. The molecule has 0 aliphatic heterocycles. The van der Waals surface area contributed by atoms with Gasteiger partial charge < -0.3 is 14.9 Å². The van der Waals surface area contributed by atoms with E-state index in [2.05, 4.69) is 13.8 Å². The van der Waals surface area contributed by atoms with Gasteiger partial charge in [-0.25, -0.2) is 4.79 Å². The molecule has 0 saturated carbocycles. The van der Waals surface area contributed by atoms with E-state index in [0.717, 1.165) is 34.2 Å². The molecule has 0 radical (unpaired) electrons. The molecule has 0 amide bonds. The second kappa shape index (κ2) is 8.56. The van der Waals surface area contributed by atoms with Crippen LogP contribution in [-0.4, -0.2) is 22.8 Å². The molecule has 2 aromatic carbocycles. The van der Waals surface area contributed by atoms with E-state index >= 15 is 0 Å². The van der Waals surface area contributed by atoms with Crippen LogP contribution in [-0.2, 0) is 11.2 Å². The highest BCUT2D eigenvalue weighted by Crippen LogP contribution is 2.30. The van der Waals surface area contributed by atoms with Gasteiger partial charge >= 0.3 is 5.97 Å². The van der Waals surface area contributed by atoms with Crippen molar-refractivity contribution >= 4 is 12.0 Å². The summed E-state index contributed by atoms with van der Waals surface area (Å²) in [6, 6.07) is 9.48. The molecule has 2 rings (SSSR count). The molecule has 0 saturated heterocycles. The summed E-state index contributed by atoms with van der Waals surface area (Å²) in [6.45, 7) is 7.71. The lowest BCUT2D eigenvalue weighted by molar-refractivity contribution is -0.139. The lowest BCUT2D eigenvalue weighted by Crippen LogP contribution is -2.10. The van der Waals surface area contributed by atoms with E-state index in [4.69, 9.17) is 9.84 Å². The smallest absolute Gasteiger partial charge is 0.341 e. The van der Waals surface area contributed by atoms with Crippen molar-refractivity contribution in [3.63, 3.8) is 0 Å². The van der Waals surface area contributed by atoms with Crippen LogP contribution in [0.4, 0.5) is 0 Å². The first kappa shape index (κ1) is 19.6. The average molecular weight is 354 g/mol. The van der Waals surface area contributed by atoms with Gasteiger partial charge in [0.2, 0.25) is 0 Å². The minimum Gasteiger partial charge on any atom is -0.508 e. The fourth-order valence-corrected chi connectivity index (χ4v) is 2.99. The fourth-order valence-electron chi connectivity index (χ4n) is 2.99. The molecule has 0 spiro atoms. The van der Waals surface area contributed by atoms with Crippen LogP contribution in [0.15, 0.2) is 36.4 Å². The largest absolute Gasteiger partial charge is 0.508 e. The van der Waals surface area contributed by atoms with E-state index in [1.807, 2.05) is 50.3 Å². The third-order valence-corrected chi connectivity index (χ3v) is 4.28. The summed E-state index contributed by atoms with van der Waals surface area (Å²) in [6.07, 6.45) is 4.68. The maximum absolute atomic E-state index is 10.7. The number of phenolic OH excluding ortho intramolecular Hbond substituents is 1. The summed E-state index contributed by atoms with van der Waals surface area (Å²) in [5, 5.41) is 18.8. The zero-order valence-corrected chi connectivity index (χ0v) is 15.7. The van der Waals surface area contributed by atoms with Crippen molar-refractivity contribution in [3.05, 3.63) is 64.2 Å². The zero-order chi connectivity index (χ0) is 19.3. The predicted molar refractivity (Wildman–Crippen MR) is 104 cm³/mol. The van der Waals surface area contributed by atoms with Crippen LogP contribution >= 0.6 is 0 Å². The number of carboxylic acids is 1. The lowest BCUT2D eigenvalue weighted by Gasteiger charge is -2.15. The van der Waals surface area contributed by atoms with Gasteiger partial charge in [0.25, 0.3) is 0 Å². The number of carbonyl (C=O) groups is 1. The molecule has 138 valence electrons. The lowest BCUT2D eigenvalue weighted by atomic mass is 9.92. The first-order chi connectivity index (χ1) is 12.3. The number of allylic oxidation sites excluding steroid dienone is 1. The third-order valence-electron chi connectivity index (χ3n) is 4.28. The monoisotopic (exact) mass is 354 g/mol. The number of aliphatic carboxylic acids is 1. The Labute approximate surface area is 154 Å². The Hall–Kier alpha value is -2.75. The molecule has 26 heavy (non-hydrogen) atoms. The van der Waals surface area contributed by atoms with E-state index in [-0.39, 0.29) is 12.5 Å². The van der Waals surface area contributed by atoms with E-state index in [1.54, 1.807) is 6.07 Å². The summed E-state index contributed by atoms with van der Waals surface area (Å²) in [4.78, 5) is 10.7. The number of hydrogen-bond acceptors (Lipinski definition) is 3. The van der Waals surface area contributed by atoms with Crippen LogP contribution in [0.2, 0.25) is 0 Å². The van der Waals surface area contributed by atoms with Crippen molar-refractivity contribution in [3.8, 4) is 11.5 Å². The van der Waals surface area contributed by atoms with Crippen LogP contribution in [0.3, 0.4) is 0 Å². The molecule has 0 bridgehead atoms. The number of carboxylic acid groups (broad SMARTS) is 1. The number of aromatic hydroxyl groups is 1. The second-order valence-electron chi connectivity index (χ2n) is 6.72. The van der Waals surface area contributed by atoms with E-state index in [9.17, 15) is 9.90 Å². The second-order valence-corrected chi connectivity index (χ2v) is 6.72. The highest BCUT2D eigenvalue weighted by Gasteiger charge is 2.12. The zero-order valence-electron chi connectivity index (χ0n) is 15.7. The molecule has 0 unspecified atom stereocenters. The predicted octanol–water partition coefficient (Wildman–Crippen LogP) is 4.91. The maximum Gasteiger partial charge on any atom is 0.341 e. The Balaban J connectivity index is 2.39. The Morgan fingerprint density at radius 3 is 2.58 bits per heavy atom. The summed E-state index contributed by atoms with van der Waals surface area (Å²) in [5.41, 5.74) is 5.27. The molecule has 2 aromatic rings. The summed E-state index contributed by atoms with van der Waals surface area (Å²) < 4.78 is 5.34. The molecule has 0 aliphatic carbocycles. The van der Waals surface area contributed by atoms with Gasteiger partial charge in [0.15, 0.2) is 6.61 Å². The van der Waals surface area contributed by atoms with Crippen molar-refractivity contribution in [1.82, 2.24) is 0 Å². The Bertz CT molecular complexity index is 819. The first-order valence-corrected chi connectivity index (χ1v) is 8.74. The number of hydrogen-bond donors (Lipinski definition) is 2. The molecule has 0 heterocycles. The number of rotatable bonds is 7. The first-order valence-electron chi connectivity index (χ1n) is 8.74. The minimum atomic E-state index is -0.996. The average Bonchev–Trinajstić information content (AvgIpc) is 2.57. The van der Waals surface area contributed by atoms with Gasteiger partial charge in [-0.3, -0.25) is 0 Å². The minimum absolute atomic E-state index is 0.248. The van der Waals surface area contributed by atoms with Crippen molar-refractivity contribution in [2.24, 2.45) is 0 Å². The molecule has 4 nitrogen and oxygen atoms in total. The van der Waals surface area contributed by atoms with Crippen molar-refractivity contribution in [1.29, 1.82) is 0 Å². The van der Waals surface area contributed by atoms with Gasteiger partial charge in [0, 0.05) is 0 Å². The van der Waals surface area contributed by atoms with Gasteiger partial charge in [-0.1, -0.05) is 38.1 Å². The summed E-state index contributed by atoms with van der Waals surface area (Å²) >= 11 is 0. The van der Waals surface area contributed by atoms with Crippen molar-refractivity contribution < 1.29 is 19.7 Å². The van der Waals surface area contributed by atoms with Gasteiger partial charge in [0.05, 0.1) is 0 Å². The van der Waals surface area contributed by atoms with Crippen LogP contribution in [0.25, 0.3) is 6.08 Å². The number of phenols is 1. The van der Waals surface area contributed by atoms with Crippen LogP contribution in [0.1, 0.15) is 54.5 Å². The molecule has 2 N–H and O–H groups in total. The van der Waals surface area contributed by atoms with E-state index in [0.29, 0.717) is 11.5 Å². The molecular weight excluding hydrogens is 328 g/mol. The van der Waals surface area contributed by atoms with Gasteiger partial charge in [-0.2, -0.15) is 0 Å². The Kier molecular flexibility index (Phi) is 6.45. The van der Waals surface area contributed by atoms with Crippen LogP contribution in [0, 0.1) is 6.92 Å². The SMILES string of the molecule is C/C=C\c1cc(OCC(=O)O)cc(C)c1Cc1ccc(O)c(C(C)C)c1. The third kappa shape index (κ3) is 4.88. The summed E-state index contributed by atoms with van der Waals surface area (Å²) in [7, 11) is 0. The standard InChI is InChI=1S/C22H26O4/c1-5-6-17-12-18(26-13-22(24)25)9-15(4)20(17)11-16-7-8-21(23)19(10-16)14(2)3/h5-10,12,14,23H,11,13H2,1-4H3,(H,24,25)/b6-5-. The van der Waals surface area contributed by atoms with Crippen LogP contribution < -0.4 is 4.74 Å². The number of aryl methyl sites for hydroxylation is 1. The number of benzene rings is 2. The maximum atomic E-state index is 10.7. The Morgan fingerprint density at radius 2 is 1.96 bits per heavy atom. The topological polar surface area (TPSA) is 66.8 Å². The number of ether oxygens (including phenoxy) is 1. The normalized spacial score (nSPS) is 11.3. The van der Waals surface area contributed by atoms with Crippen LogP contribution in [0.5, 0.6) is 11.5 Å². The molecular formula is C22H26O4. The van der Waals surface area contributed by atoms with Gasteiger partial charge in [-0.15, -0.1) is 0 Å². The highest BCUT2D eigenvalue weighted by molar-refractivity contribution is 5.68. The van der Waals surface area contributed by atoms with E-state index in [1.165, 1.54) is 0 Å². The molecule has 0 aromatic heterocycles. The fraction of sp³-hybridized carbons (Fsp3) is 0.318. The van der Waals surface area contributed by atoms with E-state index < -0.39 is 5.97 Å². The molecule has 0 aliphatic rings. The van der Waals surface area contributed by atoms with Gasteiger partial charge in [-0.05, 0) is 72.2 Å². The molecule has 0 atom stereocenters. The molecule has 0 fully saturated rings. The highest BCUT2D eigenvalue weighted by atomic mass is 16.5. The Morgan fingerprint density at radius 1 is 1.23 bits per heavy atom.